The Bertz CT molecular complexity index is 1630. The number of rotatable bonds is 51. The van der Waals surface area contributed by atoms with Gasteiger partial charge < -0.3 is 51.2 Å². The van der Waals surface area contributed by atoms with Crippen molar-refractivity contribution in [3.63, 3.8) is 0 Å². The van der Waals surface area contributed by atoms with Gasteiger partial charge in [-0.15, -0.1) is 0 Å². The van der Waals surface area contributed by atoms with Crippen molar-refractivity contribution in [2.75, 3.05) is 13.2 Å². The zero-order valence-electron chi connectivity index (χ0n) is 44.9. The number of carboxylic acid groups (broad SMARTS) is 4. The predicted octanol–water partition coefficient (Wildman–Crippen LogP) is 8.43. The highest BCUT2D eigenvalue weighted by molar-refractivity contribution is 5.93. The van der Waals surface area contributed by atoms with Gasteiger partial charge in [0.15, 0.2) is 0 Å². The average Bonchev–Trinajstić information content (AvgIpc) is 3.34. The van der Waals surface area contributed by atoms with Gasteiger partial charge in [0.2, 0.25) is 23.6 Å². The van der Waals surface area contributed by atoms with Crippen molar-refractivity contribution in [1.82, 2.24) is 21.3 Å². The first kappa shape index (κ1) is 68.7. The molecule has 0 saturated carbocycles. The highest BCUT2D eigenvalue weighted by Crippen LogP contribution is 2.15. The van der Waals surface area contributed by atoms with Crippen LogP contribution in [0.4, 0.5) is 0 Å². The number of carbonyl (C=O) groups is 10. The molecule has 0 fully saturated rings. The van der Waals surface area contributed by atoms with Gasteiger partial charge in [0.1, 0.15) is 24.2 Å². The third kappa shape index (κ3) is 41.1. The Hall–Kier alpha value is -5.30. The quantitative estimate of drug-likeness (QED) is 0.0209. The maximum atomic E-state index is 13.3. The van der Waals surface area contributed by atoms with Crippen LogP contribution in [0.2, 0.25) is 0 Å². The summed E-state index contributed by atoms with van der Waals surface area (Å²) >= 11 is 0. The summed E-state index contributed by atoms with van der Waals surface area (Å²) in [5.74, 6) is -11.8. The second-order valence-electron chi connectivity index (χ2n) is 19.5. The number of carbonyl (C=O) groups excluding carboxylic acids is 6. The Labute approximate surface area is 439 Å². The maximum Gasteiger partial charge on any atom is 0.328 e. The smallest absolute Gasteiger partial charge is 0.328 e. The van der Waals surface area contributed by atoms with E-state index in [1.165, 1.54) is 122 Å². The zero-order chi connectivity index (χ0) is 55.2. The summed E-state index contributed by atoms with van der Waals surface area (Å²) in [5.41, 5.74) is 0. The standard InChI is InChI=1S/C54H94N4O16/c1-3-5-7-9-11-13-15-17-19-21-23-25-27-29-37-73-50(66)36-32-42(54(72)74-38-30-28-26-24-22-20-18-16-14-12-10-8-6-4-2)56-47(61)35-34-46(60)55-41(51(67)58-44(53(70)71)40-49(64)65)31-33-45(59)57-43(52(68)69)39-48(62)63/h41-44H,3-40H2,1-2H3,(H,55,60)(H,56,61)(H,57,59)(H,58,67)(H,62,63)(H,64,65)(H,68,69)(H,70,71). The van der Waals surface area contributed by atoms with Crippen LogP contribution >= 0.6 is 0 Å². The minimum Gasteiger partial charge on any atom is -0.481 e. The van der Waals surface area contributed by atoms with E-state index in [1.54, 1.807) is 0 Å². The first-order chi connectivity index (χ1) is 35.5. The lowest BCUT2D eigenvalue weighted by atomic mass is 10.0. The van der Waals surface area contributed by atoms with E-state index in [-0.39, 0.29) is 26.1 Å². The molecule has 20 nitrogen and oxygen atoms in total. The number of amides is 4. The van der Waals surface area contributed by atoms with E-state index >= 15 is 0 Å². The third-order valence-electron chi connectivity index (χ3n) is 12.7. The molecule has 4 atom stereocenters. The van der Waals surface area contributed by atoms with E-state index in [4.69, 9.17) is 19.7 Å². The molecule has 0 aliphatic heterocycles. The van der Waals surface area contributed by atoms with Crippen LogP contribution < -0.4 is 21.3 Å². The van der Waals surface area contributed by atoms with E-state index in [0.29, 0.717) is 12.8 Å². The van der Waals surface area contributed by atoms with Crippen LogP contribution in [-0.4, -0.2) is 117 Å². The van der Waals surface area contributed by atoms with Crippen molar-refractivity contribution >= 4 is 59.4 Å². The summed E-state index contributed by atoms with van der Waals surface area (Å²) in [6.07, 6.45) is 28.0. The molecule has 0 bridgehead atoms. The Morgan fingerprint density at radius 3 is 1.04 bits per heavy atom. The molecule has 74 heavy (non-hydrogen) atoms. The lowest BCUT2D eigenvalue weighted by Gasteiger charge is -2.21. The van der Waals surface area contributed by atoms with Crippen LogP contribution in [-0.2, 0) is 57.4 Å². The third-order valence-corrected chi connectivity index (χ3v) is 12.7. The molecule has 0 rings (SSSR count). The van der Waals surface area contributed by atoms with Gasteiger partial charge in [-0.05, 0) is 25.7 Å². The number of nitrogens with one attached hydrogen (secondary N) is 4. The van der Waals surface area contributed by atoms with Gasteiger partial charge in [0.25, 0.3) is 0 Å². The normalized spacial score (nSPS) is 12.6. The average molecular weight is 1060 g/mol. The predicted molar refractivity (Wildman–Crippen MR) is 278 cm³/mol. The summed E-state index contributed by atoms with van der Waals surface area (Å²) in [6, 6.07) is -6.75. The van der Waals surface area contributed by atoms with Crippen molar-refractivity contribution < 1.29 is 77.8 Å². The van der Waals surface area contributed by atoms with Crippen molar-refractivity contribution in [2.45, 2.75) is 269 Å². The SMILES string of the molecule is CCCCCCCCCCCCCCCCOC(=O)CCC(NC(=O)CCC(=O)NC(CCC(=O)NC(CC(=O)O)C(=O)O)C(=O)NC(CC(=O)O)C(=O)O)C(=O)OCCCCCCCCCCCCCCCC. The second-order valence-corrected chi connectivity index (χ2v) is 19.5. The van der Waals surface area contributed by atoms with Crippen molar-refractivity contribution in [2.24, 2.45) is 0 Å². The molecule has 0 radical (unpaired) electrons. The van der Waals surface area contributed by atoms with Crippen LogP contribution in [0.3, 0.4) is 0 Å². The molecule has 0 aromatic heterocycles. The highest BCUT2D eigenvalue weighted by Gasteiger charge is 2.30. The summed E-state index contributed by atoms with van der Waals surface area (Å²) in [5, 5.41) is 45.5. The molecule has 0 aromatic rings. The molecule has 4 unspecified atom stereocenters. The van der Waals surface area contributed by atoms with Gasteiger partial charge in [-0.2, -0.15) is 0 Å². The van der Waals surface area contributed by atoms with Crippen molar-refractivity contribution in [1.29, 1.82) is 0 Å². The summed E-state index contributed by atoms with van der Waals surface area (Å²) < 4.78 is 10.9. The topological polar surface area (TPSA) is 318 Å². The molecule has 0 aliphatic carbocycles. The molecule has 0 aliphatic rings. The fraction of sp³-hybridized carbons (Fsp3) is 0.815. The monoisotopic (exact) mass is 1050 g/mol. The van der Waals surface area contributed by atoms with Crippen LogP contribution in [0.25, 0.3) is 0 Å². The van der Waals surface area contributed by atoms with E-state index in [1.807, 2.05) is 10.6 Å². The molecule has 8 N–H and O–H groups in total. The molecular formula is C54H94N4O16. The van der Waals surface area contributed by atoms with E-state index in [9.17, 15) is 58.2 Å². The van der Waals surface area contributed by atoms with Crippen LogP contribution in [0.1, 0.15) is 245 Å². The van der Waals surface area contributed by atoms with Gasteiger partial charge in [-0.3, -0.25) is 33.6 Å². The Morgan fingerprint density at radius 2 is 0.662 bits per heavy atom. The summed E-state index contributed by atoms with van der Waals surface area (Å²) in [4.78, 5) is 123. The number of ether oxygens (including phenoxy) is 2. The highest BCUT2D eigenvalue weighted by atomic mass is 16.5. The lowest BCUT2D eigenvalue weighted by molar-refractivity contribution is -0.149. The van der Waals surface area contributed by atoms with Gasteiger partial charge in [-0.25, -0.2) is 14.4 Å². The van der Waals surface area contributed by atoms with Gasteiger partial charge in [0.05, 0.1) is 26.1 Å². The molecule has 4 amide bonds. The molecular weight excluding hydrogens is 961 g/mol. The number of esters is 2. The Morgan fingerprint density at radius 1 is 0.351 bits per heavy atom. The number of unbranched alkanes of at least 4 members (excludes halogenated alkanes) is 26. The molecule has 0 heterocycles. The van der Waals surface area contributed by atoms with Crippen LogP contribution in [0, 0.1) is 0 Å². The van der Waals surface area contributed by atoms with Gasteiger partial charge in [-0.1, -0.05) is 181 Å². The first-order valence-corrected chi connectivity index (χ1v) is 27.9. The lowest BCUT2D eigenvalue weighted by Crippen LogP contribution is -2.52. The molecule has 0 aromatic carbocycles. The maximum absolute atomic E-state index is 13.3. The van der Waals surface area contributed by atoms with E-state index < -0.39 is 122 Å². The number of aliphatic carboxylic acids is 4. The largest absolute Gasteiger partial charge is 0.481 e. The fourth-order valence-corrected chi connectivity index (χ4v) is 8.23. The zero-order valence-corrected chi connectivity index (χ0v) is 44.9. The Kier molecular flexibility index (Phi) is 42.9. The number of hydrogen-bond donors (Lipinski definition) is 8. The number of carboxylic acids is 4. The van der Waals surface area contributed by atoms with Crippen LogP contribution in [0.5, 0.6) is 0 Å². The van der Waals surface area contributed by atoms with Crippen LogP contribution in [0.15, 0.2) is 0 Å². The fourth-order valence-electron chi connectivity index (χ4n) is 8.23. The molecule has 0 spiro atoms. The van der Waals surface area contributed by atoms with Gasteiger partial charge >= 0.3 is 35.8 Å². The summed E-state index contributed by atoms with van der Waals surface area (Å²) in [7, 11) is 0. The van der Waals surface area contributed by atoms with E-state index in [0.717, 1.165) is 44.9 Å². The molecule has 0 saturated heterocycles. The minimum absolute atomic E-state index is 0.0996. The first-order valence-electron chi connectivity index (χ1n) is 27.9. The van der Waals surface area contributed by atoms with Gasteiger partial charge in [0, 0.05) is 25.7 Å². The van der Waals surface area contributed by atoms with Crippen molar-refractivity contribution in [3.8, 4) is 0 Å². The Balaban J connectivity index is 5.37. The minimum atomic E-state index is -1.95. The molecule has 20 heteroatoms. The molecule has 426 valence electrons. The van der Waals surface area contributed by atoms with E-state index in [2.05, 4.69) is 24.5 Å². The second kappa shape index (κ2) is 46.2. The van der Waals surface area contributed by atoms with Crippen molar-refractivity contribution in [3.05, 3.63) is 0 Å². The number of hydrogen-bond acceptors (Lipinski definition) is 12. The summed E-state index contributed by atoms with van der Waals surface area (Å²) in [6.45, 7) is 4.76.